The molecule has 0 radical (unpaired) electrons. The number of hydrogen-bond donors (Lipinski definition) is 0. The van der Waals surface area contributed by atoms with E-state index in [0.717, 1.165) is 21.3 Å². The van der Waals surface area contributed by atoms with Crippen molar-refractivity contribution in [2.75, 3.05) is 0 Å². The highest BCUT2D eigenvalue weighted by Gasteiger charge is 2.09. The third-order valence-electron chi connectivity index (χ3n) is 2.65. The number of thiazole rings is 2. The van der Waals surface area contributed by atoms with Crippen LogP contribution in [0.4, 0.5) is 0 Å². The van der Waals surface area contributed by atoms with E-state index in [2.05, 4.69) is 9.97 Å². The summed E-state index contributed by atoms with van der Waals surface area (Å²) >= 11 is 3.14. The van der Waals surface area contributed by atoms with Gasteiger partial charge in [-0.05, 0) is 0 Å². The van der Waals surface area contributed by atoms with Gasteiger partial charge in [0.05, 0.1) is 17.2 Å². The van der Waals surface area contributed by atoms with E-state index in [1.165, 1.54) is 0 Å². The lowest BCUT2D eigenvalue weighted by molar-refractivity contribution is 0.681. The molecule has 1 atom stereocenters. The van der Waals surface area contributed by atoms with Crippen LogP contribution in [0, 0.1) is 0 Å². The lowest BCUT2D eigenvalue weighted by Crippen LogP contribution is -1.99. The molecular formula is C14H12N2OS3. The van der Waals surface area contributed by atoms with Gasteiger partial charge in [0, 0.05) is 33.3 Å². The van der Waals surface area contributed by atoms with Gasteiger partial charge in [-0.1, -0.05) is 30.3 Å². The molecule has 0 saturated heterocycles. The van der Waals surface area contributed by atoms with Crippen LogP contribution in [-0.2, 0) is 22.3 Å². The van der Waals surface area contributed by atoms with E-state index in [4.69, 9.17) is 0 Å². The van der Waals surface area contributed by atoms with Crippen LogP contribution in [0.15, 0.2) is 47.3 Å². The molecule has 0 bridgehead atoms. The van der Waals surface area contributed by atoms with Crippen LogP contribution < -0.4 is 0 Å². The Labute approximate surface area is 127 Å². The van der Waals surface area contributed by atoms with Gasteiger partial charge in [-0.2, -0.15) is 0 Å². The molecule has 3 aromatic rings. The Kier molecular flexibility index (Phi) is 4.34. The molecule has 0 N–H and O–H groups in total. The molecule has 3 nitrogen and oxygen atoms in total. The van der Waals surface area contributed by atoms with Gasteiger partial charge in [0.15, 0.2) is 0 Å². The van der Waals surface area contributed by atoms with E-state index in [0.29, 0.717) is 11.5 Å². The maximum atomic E-state index is 12.1. The standard InChI is InChI=1S/C14H12N2OS3/c17-20(10-13-15-6-7-18-13)9-12-8-19-14(16-12)11-4-2-1-3-5-11/h1-8H,9-10H2/t20-/m0/s1. The molecule has 20 heavy (non-hydrogen) atoms. The molecule has 0 amide bonds. The van der Waals surface area contributed by atoms with Gasteiger partial charge < -0.3 is 0 Å². The van der Waals surface area contributed by atoms with Crippen LogP contribution in [-0.4, -0.2) is 14.2 Å². The predicted molar refractivity (Wildman–Crippen MR) is 85.2 cm³/mol. The molecule has 0 aliphatic carbocycles. The molecule has 1 aromatic carbocycles. The molecule has 6 heteroatoms. The quantitative estimate of drug-likeness (QED) is 0.719. The van der Waals surface area contributed by atoms with Crippen molar-refractivity contribution in [3.05, 3.63) is 58.0 Å². The van der Waals surface area contributed by atoms with Crippen LogP contribution in [0.5, 0.6) is 0 Å². The van der Waals surface area contributed by atoms with Crippen molar-refractivity contribution in [3.8, 4) is 10.6 Å². The van der Waals surface area contributed by atoms with Crippen LogP contribution in [0.2, 0.25) is 0 Å². The summed E-state index contributed by atoms with van der Waals surface area (Å²) < 4.78 is 12.1. The fraction of sp³-hybridized carbons (Fsp3) is 0.143. The lowest BCUT2D eigenvalue weighted by Gasteiger charge is -1.97. The monoisotopic (exact) mass is 320 g/mol. The lowest BCUT2D eigenvalue weighted by atomic mass is 10.2. The zero-order valence-electron chi connectivity index (χ0n) is 10.6. The average molecular weight is 320 g/mol. The van der Waals surface area contributed by atoms with E-state index in [1.807, 2.05) is 41.1 Å². The second-order valence-corrected chi connectivity index (χ2v) is 7.46. The minimum atomic E-state index is -0.951. The average Bonchev–Trinajstić information content (AvgIpc) is 3.11. The topological polar surface area (TPSA) is 42.9 Å². The summed E-state index contributed by atoms with van der Waals surface area (Å²) in [5.41, 5.74) is 2.00. The van der Waals surface area contributed by atoms with Crippen molar-refractivity contribution < 1.29 is 4.21 Å². The third-order valence-corrected chi connectivity index (χ3v) is 5.76. The van der Waals surface area contributed by atoms with E-state index in [9.17, 15) is 4.21 Å². The highest BCUT2D eigenvalue weighted by atomic mass is 32.2. The molecule has 2 aromatic heterocycles. The largest absolute Gasteiger partial charge is 0.259 e. The molecule has 0 unspecified atom stereocenters. The van der Waals surface area contributed by atoms with Crippen molar-refractivity contribution in [1.29, 1.82) is 0 Å². The molecule has 0 saturated carbocycles. The first kappa shape index (κ1) is 13.6. The molecule has 0 spiro atoms. The zero-order valence-corrected chi connectivity index (χ0v) is 13.0. The summed E-state index contributed by atoms with van der Waals surface area (Å²) in [5, 5.41) is 5.79. The zero-order chi connectivity index (χ0) is 13.8. The van der Waals surface area contributed by atoms with Gasteiger partial charge in [0.1, 0.15) is 10.0 Å². The molecule has 2 heterocycles. The summed E-state index contributed by atoms with van der Waals surface area (Å²) in [6.45, 7) is 0. The molecule has 0 aliphatic rings. The van der Waals surface area contributed by atoms with Gasteiger partial charge in [-0.25, -0.2) is 9.97 Å². The van der Waals surface area contributed by atoms with Crippen molar-refractivity contribution in [1.82, 2.24) is 9.97 Å². The molecular weight excluding hydrogens is 308 g/mol. The van der Waals surface area contributed by atoms with Crippen molar-refractivity contribution in [3.63, 3.8) is 0 Å². The van der Waals surface area contributed by atoms with E-state index < -0.39 is 10.8 Å². The maximum absolute atomic E-state index is 12.1. The van der Waals surface area contributed by atoms with E-state index in [1.54, 1.807) is 28.9 Å². The fourth-order valence-corrected chi connectivity index (χ4v) is 4.69. The Morgan fingerprint density at radius 2 is 1.95 bits per heavy atom. The Bertz CT molecular complexity index is 692. The van der Waals surface area contributed by atoms with Gasteiger partial charge in [-0.15, -0.1) is 22.7 Å². The molecule has 3 rings (SSSR count). The van der Waals surface area contributed by atoms with Crippen LogP contribution in [0.3, 0.4) is 0 Å². The Hall–Kier alpha value is -1.37. The summed E-state index contributed by atoms with van der Waals surface area (Å²) in [6, 6.07) is 10.1. The van der Waals surface area contributed by atoms with E-state index in [-0.39, 0.29) is 0 Å². The van der Waals surface area contributed by atoms with Crippen LogP contribution in [0.1, 0.15) is 10.7 Å². The number of aromatic nitrogens is 2. The first-order valence-electron chi connectivity index (χ1n) is 6.04. The Morgan fingerprint density at radius 1 is 1.10 bits per heavy atom. The summed E-state index contributed by atoms with van der Waals surface area (Å²) in [7, 11) is -0.951. The molecule has 0 fully saturated rings. The SMILES string of the molecule is O=[S@@](Cc1csc(-c2ccccc2)n1)Cc1nccs1. The number of nitrogens with zero attached hydrogens (tertiary/aromatic N) is 2. The number of benzene rings is 1. The van der Waals surface area contributed by atoms with E-state index >= 15 is 0 Å². The summed E-state index contributed by atoms with van der Waals surface area (Å²) in [6.07, 6.45) is 1.74. The summed E-state index contributed by atoms with van der Waals surface area (Å²) in [4.78, 5) is 8.72. The number of hydrogen-bond acceptors (Lipinski definition) is 5. The number of rotatable bonds is 5. The second kappa shape index (κ2) is 6.39. The first-order chi connectivity index (χ1) is 9.81. The highest BCUT2D eigenvalue weighted by Crippen LogP contribution is 2.24. The summed E-state index contributed by atoms with van der Waals surface area (Å²) in [5.74, 6) is 0.999. The van der Waals surface area contributed by atoms with Gasteiger partial charge in [0.25, 0.3) is 0 Å². The predicted octanol–water partition coefficient (Wildman–Crippen LogP) is 3.72. The Balaban J connectivity index is 1.67. The minimum absolute atomic E-state index is 0.489. The fourth-order valence-electron chi connectivity index (χ4n) is 1.76. The van der Waals surface area contributed by atoms with Crippen molar-refractivity contribution in [2.45, 2.75) is 11.5 Å². The second-order valence-electron chi connectivity index (χ2n) is 4.16. The maximum Gasteiger partial charge on any atom is 0.123 e. The normalized spacial score (nSPS) is 12.4. The Morgan fingerprint density at radius 3 is 2.70 bits per heavy atom. The van der Waals surface area contributed by atoms with Gasteiger partial charge >= 0.3 is 0 Å². The smallest absolute Gasteiger partial charge is 0.123 e. The minimum Gasteiger partial charge on any atom is -0.259 e. The van der Waals surface area contributed by atoms with Gasteiger partial charge in [-0.3, -0.25) is 4.21 Å². The van der Waals surface area contributed by atoms with Crippen LogP contribution in [0.25, 0.3) is 10.6 Å². The van der Waals surface area contributed by atoms with Crippen molar-refractivity contribution >= 4 is 33.5 Å². The highest BCUT2D eigenvalue weighted by molar-refractivity contribution is 7.83. The molecule has 102 valence electrons. The van der Waals surface area contributed by atoms with Crippen molar-refractivity contribution in [2.24, 2.45) is 0 Å². The first-order valence-corrected chi connectivity index (χ1v) is 9.29. The third kappa shape index (κ3) is 3.39. The molecule has 0 aliphatic heterocycles. The van der Waals surface area contributed by atoms with Crippen LogP contribution >= 0.6 is 22.7 Å². The van der Waals surface area contributed by atoms with Gasteiger partial charge in [0.2, 0.25) is 0 Å².